The zero-order valence-corrected chi connectivity index (χ0v) is 21.1. The van der Waals surface area contributed by atoms with Gasteiger partial charge >= 0.3 is 6.01 Å². The Labute approximate surface area is 223 Å². The third-order valence-electron chi connectivity index (χ3n) is 7.14. The Morgan fingerprint density at radius 3 is 2.39 bits per heavy atom. The fraction of sp³-hybridized carbons (Fsp3) is 0.250. The van der Waals surface area contributed by atoms with Crippen molar-refractivity contribution in [2.24, 2.45) is 0 Å². The van der Waals surface area contributed by atoms with Crippen LogP contribution < -0.4 is 10.6 Å². The molecular formula is C28H24ClN5O4. The molecule has 10 heteroatoms. The van der Waals surface area contributed by atoms with E-state index in [1.54, 1.807) is 0 Å². The van der Waals surface area contributed by atoms with E-state index in [2.05, 4.69) is 20.8 Å². The number of hydrogen-bond donors (Lipinski definition) is 2. The van der Waals surface area contributed by atoms with Crippen LogP contribution in [0.5, 0.6) is 0 Å². The predicted molar refractivity (Wildman–Crippen MR) is 139 cm³/mol. The first-order valence-corrected chi connectivity index (χ1v) is 12.8. The van der Waals surface area contributed by atoms with Crippen molar-refractivity contribution in [3.05, 3.63) is 88.4 Å². The van der Waals surface area contributed by atoms with Crippen molar-refractivity contribution in [1.29, 1.82) is 0 Å². The summed E-state index contributed by atoms with van der Waals surface area (Å²) in [5, 5.41) is 14.5. The number of fused-ring (bicyclic) bond motifs is 1. The van der Waals surface area contributed by atoms with E-state index in [4.69, 9.17) is 16.0 Å². The van der Waals surface area contributed by atoms with Crippen LogP contribution >= 0.6 is 11.6 Å². The highest BCUT2D eigenvalue weighted by atomic mass is 35.5. The minimum Gasteiger partial charge on any atom is -0.403 e. The average molecular weight is 530 g/mol. The van der Waals surface area contributed by atoms with Gasteiger partial charge in [-0.1, -0.05) is 59.2 Å². The van der Waals surface area contributed by atoms with E-state index in [1.165, 1.54) is 4.90 Å². The lowest BCUT2D eigenvalue weighted by molar-refractivity contribution is -0.136. The van der Waals surface area contributed by atoms with Gasteiger partial charge in [0.05, 0.1) is 5.54 Å². The lowest BCUT2D eigenvalue weighted by Crippen LogP contribution is -2.52. The maximum Gasteiger partial charge on any atom is 0.316 e. The lowest BCUT2D eigenvalue weighted by atomic mass is 9.99. The van der Waals surface area contributed by atoms with Crippen molar-refractivity contribution in [2.45, 2.75) is 43.8 Å². The van der Waals surface area contributed by atoms with Gasteiger partial charge in [0.2, 0.25) is 17.7 Å². The van der Waals surface area contributed by atoms with E-state index in [0.717, 1.165) is 24.0 Å². The molecule has 2 N–H and O–H groups in total. The molecule has 38 heavy (non-hydrogen) atoms. The van der Waals surface area contributed by atoms with E-state index >= 15 is 0 Å². The first kappa shape index (κ1) is 24.1. The molecule has 1 saturated heterocycles. The number of aromatic nitrogens is 2. The van der Waals surface area contributed by atoms with Gasteiger partial charge in [0.25, 0.3) is 5.91 Å². The second-order valence-corrected chi connectivity index (χ2v) is 10.0. The maximum atomic E-state index is 13.3. The summed E-state index contributed by atoms with van der Waals surface area (Å²) >= 11 is 6.66. The predicted octanol–water partition coefficient (Wildman–Crippen LogP) is 4.38. The van der Waals surface area contributed by atoms with Crippen LogP contribution in [0.15, 0.2) is 71.1 Å². The van der Waals surface area contributed by atoms with E-state index < -0.39 is 17.5 Å². The van der Waals surface area contributed by atoms with Crippen molar-refractivity contribution in [1.82, 2.24) is 20.4 Å². The number of imide groups is 1. The SMILES string of the molecule is O=C1CCC(N2Cc3c(Cl)cc(C4(Nc5nnc(-c6ccccccccc6)o5)CC4)cc3C2=O)C(=O)N1. The number of hydrogen-bond acceptors (Lipinski definition) is 7. The molecule has 2 aromatic carbocycles. The highest BCUT2D eigenvalue weighted by Gasteiger charge is 2.48. The van der Waals surface area contributed by atoms with Gasteiger partial charge in [-0.2, -0.15) is 0 Å². The molecule has 1 aromatic heterocycles. The first-order chi connectivity index (χ1) is 18.4. The molecule has 1 atom stereocenters. The average Bonchev–Trinajstić information content (AvgIpc) is 3.41. The number of carbonyl (C=O) groups is 3. The topological polar surface area (TPSA) is 117 Å². The molecule has 6 rings (SSSR count). The van der Waals surface area contributed by atoms with Gasteiger partial charge in [-0.05, 0) is 49.1 Å². The molecule has 1 aliphatic carbocycles. The largest absolute Gasteiger partial charge is 0.403 e. The number of anilines is 1. The molecule has 3 heterocycles. The van der Waals surface area contributed by atoms with Crippen molar-refractivity contribution in [2.75, 3.05) is 5.32 Å². The summed E-state index contributed by atoms with van der Waals surface area (Å²) in [6.45, 7) is 0.231. The van der Waals surface area contributed by atoms with E-state index in [9.17, 15) is 14.4 Å². The molecule has 3 aliphatic rings. The molecule has 0 bridgehead atoms. The number of rotatable bonds is 5. The summed E-state index contributed by atoms with van der Waals surface area (Å²) in [7, 11) is 0. The van der Waals surface area contributed by atoms with Crippen LogP contribution in [-0.4, -0.2) is 38.9 Å². The summed E-state index contributed by atoms with van der Waals surface area (Å²) < 4.78 is 5.94. The fourth-order valence-corrected chi connectivity index (χ4v) is 5.21. The highest BCUT2D eigenvalue weighted by molar-refractivity contribution is 6.32. The molecule has 1 saturated carbocycles. The number of amides is 3. The van der Waals surface area contributed by atoms with E-state index in [1.807, 2.05) is 66.7 Å². The number of benzene rings is 1. The summed E-state index contributed by atoms with van der Waals surface area (Å²) in [5.74, 6) is -0.653. The van der Waals surface area contributed by atoms with Crippen LogP contribution in [0.25, 0.3) is 11.5 Å². The molecule has 9 nitrogen and oxygen atoms in total. The van der Waals surface area contributed by atoms with Crippen molar-refractivity contribution in [3.8, 4) is 11.5 Å². The van der Waals surface area contributed by atoms with Crippen molar-refractivity contribution in [3.63, 3.8) is 0 Å². The Morgan fingerprint density at radius 2 is 1.71 bits per heavy atom. The minimum absolute atomic E-state index is 0.200. The lowest BCUT2D eigenvalue weighted by Gasteiger charge is -2.29. The third kappa shape index (κ3) is 4.50. The Hall–Kier alpha value is -4.24. The Kier molecular flexibility index (Phi) is 6.07. The molecule has 1 unspecified atom stereocenters. The molecule has 192 valence electrons. The number of halogens is 1. The molecular weight excluding hydrogens is 506 g/mol. The minimum atomic E-state index is -0.691. The molecule has 3 aromatic rings. The molecule has 2 aliphatic heterocycles. The van der Waals surface area contributed by atoms with Crippen molar-refractivity contribution < 1.29 is 18.8 Å². The van der Waals surface area contributed by atoms with Gasteiger partial charge in [0, 0.05) is 34.7 Å². The number of nitrogens with one attached hydrogen (secondary N) is 2. The van der Waals surface area contributed by atoms with Gasteiger partial charge in [0.1, 0.15) is 6.04 Å². The summed E-state index contributed by atoms with van der Waals surface area (Å²) in [6.07, 6.45) is 2.10. The van der Waals surface area contributed by atoms with E-state index in [0.29, 0.717) is 28.5 Å². The molecule has 0 radical (unpaired) electrons. The van der Waals surface area contributed by atoms with Crippen LogP contribution in [0.3, 0.4) is 0 Å². The van der Waals surface area contributed by atoms with Crippen LogP contribution in [0.1, 0.15) is 47.2 Å². The van der Waals surface area contributed by atoms with Crippen LogP contribution in [0.2, 0.25) is 5.02 Å². The Balaban J connectivity index is 1.24. The van der Waals surface area contributed by atoms with Crippen molar-refractivity contribution >= 4 is 35.3 Å². The second-order valence-electron chi connectivity index (χ2n) is 9.64. The summed E-state index contributed by atoms with van der Waals surface area (Å²) in [5.41, 5.74) is 2.29. The first-order valence-electron chi connectivity index (χ1n) is 12.4. The standard InChI is InChI=1S/C28H24ClN5O4/c29-21-15-18(14-19-20(21)16-34(26(19)37)22-10-11-23(35)30-24(22)36)28(12-13-28)31-27-33-32-25(38-27)17-8-6-4-2-1-3-5-7-9-17/h1-9,14-15,22H,10-13,16H2,(H,31,33)(H,30,35,36). The fourth-order valence-electron chi connectivity index (χ4n) is 4.94. The van der Waals surface area contributed by atoms with Gasteiger partial charge in [-0.25, -0.2) is 0 Å². The zero-order chi connectivity index (χ0) is 26.3. The summed E-state index contributed by atoms with van der Waals surface area (Å²) in [6, 6.07) is 20.5. The Morgan fingerprint density at radius 1 is 1.00 bits per heavy atom. The zero-order valence-electron chi connectivity index (χ0n) is 20.3. The van der Waals surface area contributed by atoms with Crippen LogP contribution in [-0.2, 0) is 21.7 Å². The maximum absolute atomic E-state index is 13.3. The quantitative estimate of drug-likeness (QED) is 0.471. The monoisotopic (exact) mass is 529 g/mol. The van der Waals surface area contributed by atoms with Gasteiger partial charge in [0.15, 0.2) is 0 Å². The van der Waals surface area contributed by atoms with Gasteiger partial charge in [-0.15, -0.1) is 5.10 Å². The number of nitrogens with zero attached hydrogens (tertiary/aromatic N) is 3. The van der Waals surface area contributed by atoms with Crippen LogP contribution in [0.4, 0.5) is 6.01 Å². The molecule has 0 spiro atoms. The summed E-state index contributed by atoms with van der Waals surface area (Å²) in [4.78, 5) is 38.8. The second kappa shape index (κ2) is 9.57. The third-order valence-corrected chi connectivity index (χ3v) is 7.48. The molecule has 2 fully saturated rings. The van der Waals surface area contributed by atoms with Gasteiger partial charge in [-0.3, -0.25) is 19.7 Å². The smallest absolute Gasteiger partial charge is 0.316 e. The molecule has 3 amide bonds. The number of piperidine rings is 1. The number of carbonyl (C=O) groups excluding carboxylic acids is 3. The Bertz CT molecular complexity index is 1490. The van der Waals surface area contributed by atoms with E-state index in [-0.39, 0.29) is 30.8 Å². The van der Waals surface area contributed by atoms with Crippen LogP contribution in [0, 0.1) is 0 Å². The van der Waals surface area contributed by atoms with Gasteiger partial charge < -0.3 is 14.6 Å². The normalized spacial score (nSPS) is 19.4. The highest BCUT2D eigenvalue weighted by Crippen LogP contribution is 2.50.